The van der Waals surface area contributed by atoms with Gasteiger partial charge in [0.25, 0.3) is 11.8 Å². The maximum atomic E-state index is 14.2. The van der Waals surface area contributed by atoms with Crippen molar-refractivity contribution >= 4 is 28.8 Å². The molecule has 1 fully saturated rings. The second kappa shape index (κ2) is 8.57. The molecule has 9 heteroatoms. The number of hydrogen-bond acceptors (Lipinski definition) is 5. The first kappa shape index (κ1) is 21.5. The Hall–Kier alpha value is -3.30. The van der Waals surface area contributed by atoms with E-state index in [1.807, 2.05) is 0 Å². The van der Waals surface area contributed by atoms with Crippen molar-refractivity contribution in [2.24, 2.45) is 0 Å². The van der Waals surface area contributed by atoms with Gasteiger partial charge in [-0.2, -0.15) is 0 Å². The van der Waals surface area contributed by atoms with Gasteiger partial charge in [0.05, 0.1) is 23.8 Å². The van der Waals surface area contributed by atoms with Gasteiger partial charge in [0, 0.05) is 47.8 Å². The molecule has 0 bridgehead atoms. The molecule has 1 saturated heterocycles. The van der Waals surface area contributed by atoms with Gasteiger partial charge in [0.2, 0.25) is 0 Å². The molecule has 6 nitrogen and oxygen atoms in total. The van der Waals surface area contributed by atoms with Gasteiger partial charge in [-0.3, -0.25) is 9.59 Å². The van der Waals surface area contributed by atoms with Crippen LogP contribution in [0.1, 0.15) is 25.6 Å². The Labute approximate surface area is 192 Å². The van der Waals surface area contributed by atoms with E-state index in [0.717, 1.165) is 33.0 Å². The summed E-state index contributed by atoms with van der Waals surface area (Å²) in [7, 11) is 1.45. The van der Waals surface area contributed by atoms with Crippen molar-refractivity contribution in [3.05, 3.63) is 70.1 Å². The molecule has 2 amide bonds. The number of ether oxygens (including phenoxy) is 2. The number of carbonyl (C=O) groups excluding carboxylic acids is 2. The van der Waals surface area contributed by atoms with Crippen molar-refractivity contribution in [2.75, 3.05) is 38.3 Å². The highest BCUT2D eigenvalue weighted by Gasteiger charge is 2.27. The quantitative estimate of drug-likeness (QED) is 0.572. The van der Waals surface area contributed by atoms with Gasteiger partial charge in [-0.05, 0) is 36.4 Å². The van der Waals surface area contributed by atoms with E-state index in [1.54, 1.807) is 29.2 Å². The molecule has 0 atom stereocenters. The van der Waals surface area contributed by atoms with E-state index in [-0.39, 0.29) is 18.2 Å². The Bertz CT molecular complexity index is 1250. The molecule has 3 aromatic rings. The summed E-state index contributed by atoms with van der Waals surface area (Å²) in [6, 6.07) is 10.1. The van der Waals surface area contributed by atoms with Gasteiger partial charge >= 0.3 is 0 Å². The minimum Gasteiger partial charge on any atom is -0.488 e. The zero-order chi connectivity index (χ0) is 23.1. The second-order valence-electron chi connectivity index (χ2n) is 7.83. The SMILES string of the molecule is CN(C(=O)c1cc2c(s1)-c1cc(C(=O)N3CCOCC3)ccc1OC2)c1ccc(F)cc1F. The highest BCUT2D eigenvalue weighted by atomic mass is 32.1. The summed E-state index contributed by atoms with van der Waals surface area (Å²) in [6.07, 6.45) is 0. The van der Waals surface area contributed by atoms with Crippen LogP contribution < -0.4 is 9.64 Å². The number of halogens is 2. The maximum absolute atomic E-state index is 14.2. The topological polar surface area (TPSA) is 59.1 Å². The van der Waals surface area contributed by atoms with Crippen molar-refractivity contribution in [2.45, 2.75) is 6.61 Å². The number of morpholine rings is 1. The molecule has 1 aromatic heterocycles. The molecule has 0 saturated carbocycles. The molecule has 2 aliphatic rings. The fraction of sp³-hybridized carbons (Fsp3) is 0.250. The molecule has 170 valence electrons. The number of carbonyl (C=O) groups is 2. The van der Waals surface area contributed by atoms with Crippen LogP contribution in [0.5, 0.6) is 5.75 Å². The van der Waals surface area contributed by atoms with Gasteiger partial charge in [-0.1, -0.05) is 0 Å². The molecular weight excluding hydrogens is 450 g/mol. The minimum atomic E-state index is -0.813. The lowest BCUT2D eigenvalue weighted by Gasteiger charge is -2.27. The van der Waals surface area contributed by atoms with E-state index in [0.29, 0.717) is 42.5 Å². The third kappa shape index (κ3) is 3.98. The van der Waals surface area contributed by atoms with E-state index in [1.165, 1.54) is 24.5 Å². The van der Waals surface area contributed by atoms with E-state index in [4.69, 9.17) is 9.47 Å². The Balaban J connectivity index is 1.45. The third-order valence-corrected chi connectivity index (χ3v) is 6.95. The van der Waals surface area contributed by atoms with Crippen molar-refractivity contribution in [3.63, 3.8) is 0 Å². The van der Waals surface area contributed by atoms with Gasteiger partial charge in [-0.25, -0.2) is 8.78 Å². The largest absolute Gasteiger partial charge is 0.488 e. The van der Waals surface area contributed by atoms with Crippen LogP contribution in [0.15, 0.2) is 42.5 Å². The first-order valence-electron chi connectivity index (χ1n) is 10.4. The Morgan fingerprint density at radius 3 is 2.61 bits per heavy atom. The number of hydrogen-bond donors (Lipinski definition) is 0. The first-order chi connectivity index (χ1) is 15.9. The van der Waals surface area contributed by atoms with E-state index in [2.05, 4.69) is 0 Å². The highest BCUT2D eigenvalue weighted by molar-refractivity contribution is 7.17. The summed E-state index contributed by atoms with van der Waals surface area (Å²) in [5.74, 6) is -1.37. The maximum Gasteiger partial charge on any atom is 0.268 e. The van der Waals surface area contributed by atoms with Crippen LogP contribution in [0.4, 0.5) is 14.5 Å². The van der Waals surface area contributed by atoms with Crippen molar-refractivity contribution in [1.82, 2.24) is 4.90 Å². The average molecular weight is 470 g/mol. The highest BCUT2D eigenvalue weighted by Crippen LogP contribution is 2.43. The number of anilines is 1. The average Bonchev–Trinajstić information content (AvgIpc) is 3.28. The lowest BCUT2D eigenvalue weighted by atomic mass is 10.0. The zero-order valence-electron chi connectivity index (χ0n) is 17.8. The van der Waals surface area contributed by atoms with E-state index < -0.39 is 17.5 Å². The van der Waals surface area contributed by atoms with Crippen LogP contribution in [-0.2, 0) is 11.3 Å². The van der Waals surface area contributed by atoms with Crippen LogP contribution in [0.25, 0.3) is 10.4 Å². The van der Waals surface area contributed by atoms with Crippen LogP contribution in [0.3, 0.4) is 0 Å². The lowest BCUT2D eigenvalue weighted by molar-refractivity contribution is 0.0303. The number of rotatable bonds is 3. The van der Waals surface area contributed by atoms with Crippen molar-refractivity contribution < 1.29 is 27.8 Å². The predicted molar refractivity (Wildman–Crippen MR) is 120 cm³/mol. The Morgan fingerprint density at radius 1 is 1.06 bits per heavy atom. The van der Waals surface area contributed by atoms with Gasteiger partial charge in [0.1, 0.15) is 24.0 Å². The molecule has 33 heavy (non-hydrogen) atoms. The second-order valence-corrected chi connectivity index (χ2v) is 8.88. The summed E-state index contributed by atoms with van der Waals surface area (Å²) in [5.41, 5.74) is 2.09. The summed E-state index contributed by atoms with van der Waals surface area (Å²) in [4.78, 5) is 30.1. The minimum absolute atomic E-state index is 0.0113. The van der Waals surface area contributed by atoms with Crippen molar-refractivity contribution in [1.29, 1.82) is 0 Å². The van der Waals surface area contributed by atoms with Crippen LogP contribution in [-0.4, -0.2) is 50.1 Å². The summed E-state index contributed by atoms with van der Waals surface area (Å²) in [6.45, 7) is 2.41. The standard InChI is InChI=1S/C24H20F2N2O4S/c1-27(19-4-3-16(25)12-18(19)26)24(30)21-11-15-13-32-20-5-2-14(10-17(20)22(15)33-21)23(29)28-6-8-31-9-7-28/h2-5,10-12H,6-9,13H2,1H3. The molecule has 0 N–H and O–H groups in total. The number of fused-ring (bicyclic) bond motifs is 3. The van der Waals surface area contributed by atoms with Crippen molar-refractivity contribution in [3.8, 4) is 16.2 Å². The van der Waals surface area contributed by atoms with Gasteiger partial charge in [0.15, 0.2) is 0 Å². The van der Waals surface area contributed by atoms with E-state index in [9.17, 15) is 18.4 Å². The normalized spacial score (nSPS) is 14.8. The molecule has 3 heterocycles. The lowest BCUT2D eigenvalue weighted by Crippen LogP contribution is -2.40. The van der Waals surface area contributed by atoms with Gasteiger partial charge < -0.3 is 19.3 Å². The molecule has 0 unspecified atom stereocenters. The van der Waals surface area contributed by atoms with Gasteiger partial charge in [-0.15, -0.1) is 11.3 Å². The Morgan fingerprint density at radius 2 is 1.85 bits per heavy atom. The number of thiophene rings is 1. The molecule has 0 spiro atoms. The Kier molecular flexibility index (Phi) is 5.59. The van der Waals surface area contributed by atoms with E-state index >= 15 is 0 Å². The number of nitrogens with zero attached hydrogens (tertiary/aromatic N) is 2. The fourth-order valence-corrected chi connectivity index (χ4v) is 5.13. The van der Waals surface area contributed by atoms with Crippen LogP contribution in [0, 0.1) is 11.6 Å². The van der Waals surface area contributed by atoms with Crippen LogP contribution in [0.2, 0.25) is 0 Å². The smallest absolute Gasteiger partial charge is 0.268 e. The summed E-state index contributed by atoms with van der Waals surface area (Å²) in [5, 5.41) is 0. The molecule has 5 rings (SSSR count). The number of benzene rings is 2. The predicted octanol–water partition coefficient (Wildman–Crippen LogP) is 4.33. The number of amides is 2. The molecular formula is C24H20F2N2O4S. The zero-order valence-corrected chi connectivity index (χ0v) is 18.6. The monoisotopic (exact) mass is 470 g/mol. The molecule has 2 aromatic carbocycles. The molecule has 0 aliphatic carbocycles. The molecule has 2 aliphatic heterocycles. The molecule has 0 radical (unpaired) electrons. The summed E-state index contributed by atoms with van der Waals surface area (Å²) < 4.78 is 38.6. The summed E-state index contributed by atoms with van der Waals surface area (Å²) >= 11 is 1.26. The third-order valence-electron chi connectivity index (χ3n) is 5.75. The fourth-order valence-electron chi connectivity index (χ4n) is 3.97. The first-order valence-corrected chi connectivity index (χ1v) is 11.2. The van der Waals surface area contributed by atoms with Crippen LogP contribution >= 0.6 is 11.3 Å².